The summed E-state index contributed by atoms with van der Waals surface area (Å²) >= 11 is 0. The van der Waals surface area contributed by atoms with Crippen LogP contribution >= 0.6 is 0 Å². The predicted octanol–water partition coefficient (Wildman–Crippen LogP) is 2.57. The number of nitrogens with one attached hydrogen (secondary N) is 1. The van der Waals surface area contributed by atoms with E-state index in [4.69, 9.17) is 0 Å². The maximum Gasteiger partial charge on any atom is 0.276 e. The minimum absolute atomic E-state index is 0.104. The van der Waals surface area contributed by atoms with Gasteiger partial charge in [-0.2, -0.15) is 13.5 Å². The molecular weight excluding hydrogens is 318 g/mol. The first kappa shape index (κ1) is 16.4. The molecule has 0 saturated heterocycles. The van der Waals surface area contributed by atoms with Gasteiger partial charge in [0.1, 0.15) is 0 Å². The number of hydrogen-bond donors (Lipinski definition) is 1. The van der Waals surface area contributed by atoms with Crippen molar-refractivity contribution in [3.8, 4) is 0 Å². The molecule has 23 heavy (non-hydrogen) atoms. The Bertz CT molecular complexity index is 829. The number of sulfonamides is 1. The van der Waals surface area contributed by atoms with Crippen molar-refractivity contribution in [2.24, 2.45) is 5.10 Å². The summed E-state index contributed by atoms with van der Waals surface area (Å²) in [4.78, 5) is 11.9. The third kappa shape index (κ3) is 4.75. The van der Waals surface area contributed by atoms with E-state index in [-0.39, 0.29) is 10.6 Å². The maximum absolute atomic E-state index is 11.9. The second-order valence-corrected chi connectivity index (χ2v) is 6.05. The molecule has 0 saturated carbocycles. The number of nitro benzene ring substituents is 1. The summed E-state index contributed by atoms with van der Waals surface area (Å²) in [5, 5.41) is 14.1. The molecule has 0 aliphatic rings. The number of nitro groups is 1. The lowest BCUT2D eigenvalue weighted by Gasteiger charge is -2.02. The Labute approximate surface area is 133 Å². The van der Waals surface area contributed by atoms with Crippen molar-refractivity contribution < 1.29 is 13.3 Å². The summed E-state index contributed by atoms with van der Waals surface area (Å²) in [5.74, 6) is 0. The van der Waals surface area contributed by atoms with Gasteiger partial charge in [0, 0.05) is 18.3 Å². The van der Waals surface area contributed by atoms with Crippen LogP contribution in [0.1, 0.15) is 5.56 Å². The Balaban J connectivity index is 1.99. The molecule has 0 unspecified atom stereocenters. The van der Waals surface area contributed by atoms with Gasteiger partial charge in [0.25, 0.3) is 15.7 Å². The fourth-order valence-corrected chi connectivity index (χ4v) is 2.46. The first-order chi connectivity index (χ1) is 11.0. The van der Waals surface area contributed by atoms with Crippen LogP contribution in [0.4, 0.5) is 5.69 Å². The number of rotatable bonds is 6. The van der Waals surface area contributed by atoms with E-state index in [2.05, 4.69) is 5.10 Å². The number of hydrazone groups is 1. The van der Waals surface area contributed by atoms with E-state index in [0.29, 0.717) is 0 Å². The van der Waals surface area contributed by atoms with Gasteiger partial charge in [0.2, 0.25) is 0 Å². The average Bonchev–Trinajstić information content (AvgIpc) is 2.55. The fourth-order valence-electron chi connectivity index (χ4n) is 1.66. The number of benzene rings is 2. The van der Waals surface area contributed by atoms with Crippen LogP contribution in [0, 0.1) is 10.1 Å². The Morgan fingerprint density at radius 3 is 2.30 bits per heavy atom. The topological polar surface area (TPSA) is 102 Å². The predicted molar refractivity (Wildman–Crippen MR) is 87.4 cm³/mol. The van der Waals surface area contributed by atoms with Crippen molar-refractivity contribution in [2.45, 2.75) is 4.90 Å². The molecule has 0 radical (unpaired) electrons. The van der Waals surface area contributed by atoms with Crippen molar-refractivity contribution in [3.05, 3.63) is 76.4 Å². The standard InChI is InChI=1S/C15H13N3O4S/c19-18(20)14-8-10-15(11-9-14)23(21,22)17-16-12-4-7-13-5-2-1-3-6-13/h1-12,17H/b7-4-,16-12-. The number of allylic oxidation sites excluding steroid dienone is 1. The third-order valence-electron chi connectivity index (χ3n) is 2.78. The normalized spacial score (nSPS) is 11.8. The van der Waals surface area contributed by atoms with Crippen LogP contribution in [-0.4, -0.2) is 19.6 Å². The Kier molecular flexibility index (Phi) is 5.21. The zero-order valence-electron chi connectivity index (χ0n) is 11.9. The Hall–Kier alpha value is -3.00. The second kappa shape index (κ2) is 7.32. The molecule has 0 atom stereocenters. The summed E-state index contributed by atoms with van der Waals surface area (Å²) in [5.41, 5.74) is 0.774. The summed E-state index contributed by atoms with van der Waals surface area (Å²) in [6, 6.07) is 14.0. The summed E-state index contributed by atoms with van der Waals surface area (Å²) < 4.78 is 23.9. The van der Waals surface area contributed by atoms with Crippen LogP contribution in [0.25, 0.3) is 6.08 Å². The van der Waals surface area contributed by atoms with Gasteiger partial charge in [-0.3, -0.25) is 10.1 Å². The van der Waals surface area contributed by atoms with Gasteiger partial charge >= 0.3 is 0 Å². The monoisotopic (exact) mass is 331 g/mol. The van der Waals surface area contributed by atoms with Crippen molar-refractivity contribution >= 4 is 28.0 Å². The highest BCUT2D eigenvalue weighted by Gasteiger charge is 2.14. The van der Waals surface area contributed by atoms with E-state index in [1.165, 1.54) is 6.21 Å². The van der Waals surface area contributed by atoms with Gasteiger partial charge in [0.05, 0.1) is 9.82 Å². The van der Waals surface area contributed by atoms with Crippen LogP contribution in [-0.2, 0) is 10.0 Å². The lowest BCUT2D eigenvalue weighted by Crippen LogP contribution is -2.18. The molecule has 0 heterocycles. The fraction of sp³-hybridized carbons (Fsp3) is 0. The summed E-state index contributed by atoms with van der Waals surface area (Å²) in [6.45, 7) is 0. The Morgan fingerprint density at radius 1 is 1.04 bits per heavy atom. The maximum atomic E-state index is 11.9. The lowest BCUT2D eigenvalue weighted by molar-refractivity contribution is -0.384. The van der Waals surface area contributed by atoms with E-state index in [0.717, 1.165) is 29.8 Å². The van der Waals surface area contributed by atoms with Crippen molar-refractivity contribution in [2.75, 3.05) is 0 Å². The van der Waals surface area contributed by atoms with E-state index < -0.39 is 14.9 Å². The van der Waals surface area contributed by atoms with Crippen LogP contribution in [0.5, 0.6) is 0 Å². The first-order valence-corrected chi connectivity index (χ1v) is 7.98. The van der Waals surface area contributed by atoms with Crippen molar-refractivity contribution in [1.82, 2.24) is 4.83 Å². The molecule has 0 bridgehead atoms. The molecule has 0 aliphatic carbocycles. The van der Waals surface area contributed by atoms with Crippen LogP contribution in [0.3, 0.4) is 0 Å². The molecule has 7 nitrogen and oxygen atoms in total. The van der Waals surface area contributed by atoms with E-state index >= 15 is 0 Å². The van der Waals surface area contributed by atoms with E-state index in [1.807, 2.05) is 35.2 Å². The molecule has 0 amide bonds. The molecule has 1 N–H and O–H groups in total. The van der Waals surface area contributed by atoms with Gasteiger partial charge in [-0.05, 0) is 23.8 Å². The average molecular weight is 331 g/mol. The smallest absolute Gasteiger partial charge is 0.258 e. The lowest BCUT2D eigenvalue weighted by atomic mass is 10.2. The van der Waals surface area contributed by atoms with E-state index in [9.17, 15) is 18.5 Å². The van der Waals surface area contributed by atoms with Crippen molar-refractivity contribution in [1.29, 1.82) is 0 Å². The van der Waals surface area contributed by atoms with Gasteiger partial charge in [-0.25, -0.2) is 4.83 Å². The molecule has 0 spiro atoms. The van der Waals surface area contributed by atoms with Gasteiger partial charge in [0.15, 0.2) is 0 Å². The van der Waals surface area contributed by atoms with Gasteiger partial charge in [-0.15, -0.1) is 0 Å². The number of hydrogen-bond acceptors (Lipinski definition) is 5. The highest BCUT2D eigenvalue weighted by molar-refractivity contribution is 7.89. The van der Waals surface area contributed by atoms with Crippen LogP contribution < -0.4 is 4.83 Å². The zero-order chi connectivity index (χ0) is 16.7. The first-order valence-electron chi connectivity index (χ1n) is 6.50. The largest absolute Gasteiger partial charge is 0.276 e. The molecular formula is C15H13N3O4S. The highest BCUT2D eigenvalue weighted by Crippen LogP contribution is 2.15. The molecule has 118 valence electrons. The SMILES string of the molecule is O=[N+]([O-])c1ccc(S(=O)(=O)N/N=C\C=C/c2ccccc2)cc1. The minimum Gasteiger partial charge on any atom is -0.258 e. The second-order valence-electron chi connectivity index (χ2n) is 4.39. The summed E-state index contributed by atoms with van der Waals surface area (Å²) in [7, 11) is -3.85. The molecule has 0 aromatic heterocycles. The van der Waals surface area contributed by atoms with Gasteiger partial charge in [-0.1, -0.05) is 36.4 Å². The molecule has 2 aromatic carbocycles. The van der Waals surface area contributed by atoms with Crippen molar-refractivity contribution in [3.63, 3.8) is 0 Å². The molecule has 2 aromatic rings. The van der Waals surface area contributed by atoms with Crippen LogP contribution in [0.2, 0.25) is 0 Å². The minimum atomic E-state index is -3.85. The number of non-ortho nitro benzene ring substituents is 1. The molecule has 0 aliphatic heterocycles. The van der Waals surface area contributed by atoms with Crippen LogP contribution in [0.15, 0.2) is 70.7 Å². The summed E-state index contributed by atoms with van der Waals surface area (Å²) in [6.07, 6.45) is 4.66. The molecule has 8 heteroatoms. The third-order valence-corrected chi connectivity index (χ3v) is 4.02. The van der Waals surface area contributed by atoms with Gasteiger partial charge < -0.3 is 0 Å². The zero-order valence-corrected chi connectivity index (χ0v) is 12.7. The van der Waals surface area contributed by atoms with E-state index in [1.54, 1.807) is 12.2 Å². The molecule has 0 fully saturated rings. The highest BCUT2D eigenvalue weighted by atomic mass is 32.2. The number of nitrogens with zero attached hydrogens (tertiary/aromatic N) is 2. The molecule has 2 rings (SSSR count). The Morgan fingerprint density at radius 2 is 1.70 bits per heavy atom. The quantitative estimate of drug-likeness (QED) is 0.499.